The molecular formula is C13H25ClN2O3. The van der Waals surface area contributed by atoms with Crippen molar-refractivity contribution in [1.82, 2.24) is 10.6 Å². The van der Waals surface area contributed by atoms with Gasteiger partial charge in [-0.2, -0.15) is 0 Å². The molecule has 1 aliphatic carbocycles. The average Bonchev–Trinajstić information content (AvgIpc) is 2.71. The molecule has 1 heterocycles. The lowest BCUT2D eigenvalue weighted by Gasteiger charge is -2.40. The number of nitrogens with one attached hydrogen (secondary N) is 2. The van der Waals surface area contributed by atoms with Gasteiger partial charge in [-0.3, -0.25) is 4.79 Å². The highest BCUT2D eigenvalue weighted by Crippen LogP contribution is 2.44. The number of methoxy groups -OCH3 is 1. The Morgan fingerprint density at radius 3 is 2.68 bits per heavy atom. The Kier molecular flexibility index (Phi) is 6.53. The third kappa shape index (κ3) is 3.81. The number of hydrogen-bond donors (Lipinski definition) is 3. The second-order valence-corrected chi connectivity index (χ2v) is 5.57. The van der Waals surface area contributed by atoms with Crippen molar-refractivity contribution < 1.29 is 14.6 Å². The zero-order valence-electron chi connectivity index (χ0n) is 11.5. The smallest absolute Gasteiger partial charge is 0.226 e. The van der Waals surface area contributed by atoms with Crippen LogP contribution in [0.25, 0.3) is 0 Å². The number of carbonyl (C=O) groups excluding carboxylic acids is 1. The fraction of sp³-hybridized carbons (Fsp3) is 0.923. The van der Waals surface area contributed by atoms with Crippen molar-refractivity contribution in [1.29, 1.82) is 0 Å². The van der Waals surface area contributed by atoms with E-state index < -0.39 is 0 Å². The molecule has 1 saturated carbocycles. The first kappa shape index (κ1) is 16.7. The van der Waals surface area contributed by atoms with E-state index in [2.05, 4.69) is 10.6 Å². The first-order valence-corrected chi connectivity index (χ1v) is 6.84. The molecule has 5 nitrogen and oxygen atoms in total. The van der Waals surface area contributed by atoms with Crippen LogP contribution < -0.4 is 10.6 Å². The van der Waals surface area contributed by atoms with E-state index in [4.69, 9.17) is 4.74 Å². The molecule has 0 radical (unpaired) electrons. The lowest BCUT2D eigenvalue weighted by molar-refractivity contribution is -0.137. The standard InChI is InChI=1S/C13H24N2O3.ClH/c1-18-6-5-13(3-2-4-13)12(17)15-8-10-7-14-9-11(10)16;/h10-11,14,16H,2-9H2,1H3,(H,15,17);1H. The minimum atomic E-state index is -0.332. The van der Waals surface area contributed by atoms with Gasteiger partial charge in [-0.1, -0.05) is 6.42 Å². The molecule has 6 heteroatoms. The van der Waals surface area contributed by atoms with Crippen molar-refractivity contribution in [3.05, 3.63) is 0 Å². The number of rotatable bonds is 6. The summed E-state index contributed by atoms with van der Waals surface area (Å²) < 4.78 is 5.09. The van der Waals surface area contributed by atoms with Crippen LogP contribution in [-0.4, -0.2) is 50.5 Å². The molecule has 0 bridgehead atoms. The van der Waals surface area contributed by atoms with Gasteiger partial charge < -0.3 is 20.5 Å². The molecule has 2 fully saturated rings. The number of halogens is 1. The summed E-state index contributed by atoms with van der Waals surface area (Å²) in [5.74, 6) is 0.290. The molecule has 2 atom stereocenters. The van der Waals surface area contributed by atoms with Gasteiger partial charge in [0.15, 0.2) is 0 Å². The van der Waals surface area contributed by atoms with Gasteiger partial charge in [-0.05, 0) is 19.3 Å². The van der Waals surface area contributed by atoms with Crippen LogP contribution in [0.4, 0.5) is 0 Å². The van der Waals surface area contributed by atoms with Crippen molar-refractivity contribution in [2.75, 3.05) is 33.4 Å². The number of aliphatic hydroxyl groups excluding tert-OH is 1. The monoisotopic (exact) mass is 292 g/mol. The molecule has 0 spiro atoms. The van der Waals surface area contributed by atoms with Gasteiger partial charge >= 0.3 is 0 Å². The Bertz CT molecular complexity index is 298. The number of hydrogen-bond acceptors (Lipinski definition) is 4. The Labute approximate surface area is 120 Å². The van der Waals surface area contributed by atoms with E-state index in [0.29, 0.717) is 19.7 Å². The second-order valence-electron chi connectivity index (χ2n) is 5.57. The summed E-state index contributed by atoms with van der Waals surface area (Å²) in [7, 11) is 1.67. The second kappa shape index (κ2) is 7.43. The van der Waals surface area contributed by atoms with E-state index >= 15 is 0 Å². The third-order valence-electron chi connectivity index (χ3n) is 4.41. The minimum Gasteiger partial charge on any atom is -0.391 e. The normalized spacial score (nSPS) is 28.3. The van der Waals surface area contributed by atoms with E-state index in [-0.39, 0.29) is 35.8 Å². The van der Waals surface area contributed by atoms with Crippen molar-refractivity contribution in [2.45, 2.75) is 31.8 Å². The predicted molar refractivity (Wildman–Crippen MR) is 75.4 cm³/mol. The summed E-state index contributed by atoms with van der Waals surface area (Å²) >= 11 is 0. The fourth-order valence-corrected chi connectivity index (χ4v) is 2.83. The molecule has 0 aromatic rings. The van der Waals surface area contributed by atoms with E-state index in [1.165, 1.54) is 0 Å². The van der Waals surface area contributed by atoms with E-state index in [9.17, 15) is 9.90 Å². The Morgan fingerprint density at radius 1 is 1.47 bits per heavy atom. The van der Waals surface area contributed by atoms with Crippen LogP contribution in [0.1, 0.15) is 25.7 Å². The zero-order chi connectivity index (χ0) is 13.0. The van der Waals surface area contributed by atoms with Crippen LogP contribution in [0.2, 0.25) is 0 Å². The third-order valence-corrected chi connectivity index (χ3v) is 4.41. The minimum absolute atomic E-state index is 0. The Morgan fingerprint density at radius 2 is 2.21 bits per heavy atom. The molecule has 2 rings (SSSR count). The highest BCUT2D eigenvalue weighted by Gasteiger charge is 2.43. The van der Waals surface area contributed by atoms with Crippen molar-refractivity contribution in [3.63, 3.8) is 0 Å². The van der Waals surface area contributed by atoms with Crippen molar-refractivity contribution in [3.8, 4) is 0 Å². The quantitative estimate of drug-likeness (QED) is 0.659. The average molecular weight is 293 g/mol. The van der Waals surface area contributed by atoms with Crippen LogP contribution in [0.5, 0.6) is 0 Å². The molecule has 0 aromatic carbocycles. The zero-order valence-corrected chi connectivity index (χ0v) is 12.3. The fourth-order valence-electron chi connectivity index (χ4n) is 2.83. The molecule has 3 N–H and O–H groups in total. The molecule has 1 aliphatic heterocycles. The highest BCUT2D eigenvalue weighted by molar-refractivity contribution is 5.85. The molecular weight excluding hydrogens is 268 g/mol. The van der Waals surface area contributed by atoms with Gasteiger partial charge in [0.25, 0.3) is 0 Å². The lowest BCUT2D eigenvalue weighted by Crippen LogP contribution is -2.48. The summed E-state index contributed by atoms with van der Waals surface area (Å²) in [5, 5.41) is 15.8. The van der Waals surface area contributed by atoms with Crippen LogP contribution in [-0.2, 0) is 9.53 Å². The van der Waals surface area contributed by atoms with Crippen molar-refractivity contribution in [2.24, 2.45) is 11.3 Å². The molecule has 2 unspecified atom stereocenters. The first-order chi connectivity index (χ1) is 8.68. The van der Waals surface area contributed by atoms with E-state index in [0.717, 1.165) is 32.2 Å². The molecule has 0 aromatic heterocycles. The topological polar surface area (TPSA) is 70.6 Å². The van der Waals surface area contributed by atoms with Crippen LogP contribution in [0.3, 0.4) is 0 Å². The van der Waals surface area contributed by atoms with Gasteiger partial charge in [-0.15, -0.1) is 12.4 Å². The maximum atomic E-state index is 12.2. The molecule has 2 aliphatic rings. The van der Waals surface area contributed by atoms with E-state index in [1.54, 1.807) is 7.11 Å². The van der Waals surface area contributed by atoms with Gasteiger partial charge in [0.1, 0.15) is 0 Å². The van der Waals surface area contributed by atoms with Crippen molar-refractivity contribution >= 4 is 18.3 Å². The molecule has 19 heavy (non-hydrogen) atoms. The largest absolute Gasteiger partial charge is 0.391 e. The summed E-state index contributed by atoms with van der Waals surface area (Å²) in [5.41, 5.74) is -0.201. The Balaban J connectivity index is 0.00000180. The first-order valence-electron chi connectivity index (χ1n) is 6.84. The Hall–Kier alpha value is -0.360. The number of carbonyl (C=O) groups is 1. The maximum Gasteiger partial charge on any atom is 0.226 e. The van der Waals surface area contributed by atoms with Gasteiger partial charge in [0.2, 0.25) is 5.91 Å². The van der Waals surface area contributed by atoms with Gasteiger partial charge in [0.05, 0.1) is 11.5 Å². The number of aliphatic hydroxyl groups is 1. The summed E-state index contributed by atoms with van der Waals surface area (Å²) in [6.07, 6.45) is 3.54. The molecule has 112 valence electrons. The maximum absolute atomic E-state index is 12.2. The van der Waals surface area contributed by atoms with Gasteiger partial charge in [0, 0.05) is 39.3 Å². The summed E-state index contributed by atoms with van der Waals surface area (Å²) in [4.78, 5) is 12.2. The van der Waals surface area contributed by atoms with Crippen LogP contribution >= 0.6 is 12.4 Å². The van der Waals surface area contributed by atoms with Crippen LogP contribution in [0.15, 0.2) is 0 Å². The highest BCUT2D eigenvalue weighted by atomic mass is 35.5. The van der Waals surface area contributed by atoms with Gasteiger partial charge in [-0.25, -0.2) is 0 Å². The number of β-amino-alcohol motifs (C(OH)–C–C–N with tert-alkyl or cyclic N) is 1. The van der Waals surface area contributed by atoms with E-state index in [1.807, 2.05) is 0 Å². The molecule has 1 saturated heterocycles. The summed E-state index contributed by atoms with van der Waals surface area (Å²) in [6, 6.07) is 0. The van der Waals surface area contributed by atoms with Crippen LogP contribution in [0, 0.1) is 11.3 Å². The SMILES string of the molecule is COCCC1(C(=O)NCC2CNCC2O)CCC1.Cl. The lowest BCUT2D eigenvalue weighted by atomic mass is 9.66. The number of ether oxygens (including phenoxy) is 1. The molecule has 1 amide bonds. The summed E-state index contributed by atoms with van der Waals surface area (Å²) in [6.45, 7) is 2.63. The number of amides is 1. The predicted octanol–water partition coefficient (Wildman–Crippen LogP) is 0.311.